The molecule has 0 aliphatic carbocycles. The second kappa shape index (κ2) is 5.56. The molecule has 8 nitrogen and oxygen atoms in total. The predicted octanol–water partition coefficient (Wildman–Crippen LogP) is -1.03. The highest BCUT2D eigenvalue weighted by Gasteiger charge is 2.53. The van der Waals surface area contributed by atoms with Gasteiger partial charge in [-0.05, 0) is 26.7 Å². The first-order chi connectivity index (χ1) is 9.51. The van der Waals surface area contributed by atoms with E-state index in [9.17, 15) is 19.5 Å². The molecule has 2 aliphatic rings. The Morgan fingerprint density at radius 2 is 1.85 bits per heavy atom. The molecule has 0 bridgehead atoms. The molecule has 2 fully saturated rings. The van der Waals surface area contributed by atoms with Gasteiger partial charge in [0.2, 0.25) is 0 Å². The Balaban J connectivity index is 2.11. The van der Waals surface area contributed by atoms with Crippen LogP contribution >= 0.6 is 0 Å². The summed E-state index contributed by atoms with van der Waals surface area (Å²) in [5, 5.41) is 13.2. The fourth-order valence-corrected chi connectivity index (χ4v) is 2.83. The average Bonchev–Trinajstić information content (AvgIpc) is 2.82. The molecule has 0 spiro atoms. The molecule has 2 saturated heterocycles. The number of carboxylic acid groups (broad SMARTS) is 1. The van der Waals surface area contributed by atoms with Gasteiger partial charge in [0.25, 0.3) is 0 Å². The van der Waals surface area contributed by atoms with Crippen molar-refractivity contribution < 1.29 is 19.5 Å². The molecule has 112 valence electrons. The van der Waals surface area contributed by atoms with Crippen LogP contribution in [0.3, 0.4) is 0 Å². The number of amides is 4. The van der Waals surface area contributed by atoms with Gasteiger partial charge in [-0.25, -0.2) is 9.59 Å². The highest BCUT2D eigenvalue weighted by molar-refractivity contribution is 5.85. The number of hydrogen-bond donors (Lipinski definition) is 1. The van der Waals surface area contributed by atoms with Gasteiger partial charge in [-0.3, -0.25) is 0 Å². The van der Waals surface area contributed by atoms with Crippen molar-refractivity contribution in [1.29, 1.82) is 0 Å². The van der Waals surface area contributed by atoms with Crippen molar-refractivity contribution in [1.82, 2.24) is 20.0 Å². The van der Waals surface area contributed by atoms with E-state index in [2.05, 4.69) is 5.32 Å². The molecule has 8 heteroatoms. The van der Waals surface area contributed by atoms with Gasteiger partial charge in [0.1, 0.15) is 12.3 Å². The molecule has 0 aromatic carbocycles. The smallest absolute Gasteiger partial charge is 0.323 e. The van der Waals surface area contributed by atoms with Crippen LogP contribution in [0.15, 0.2) is 0 Å². The van der Waals surface area contributed by atoms with Gasteiger partial charge in [0.15, 0.2) is 0 Å². The molecule has 4 amide bonds. The standard InChI is InChI=1S/C12H20N4O4/c1-3-14-9-10(15(4-2)12(14)20)16(11(19)13-9)7-5-6-8(17)18/h9-10H,3-7H2,1-2H3,(H,13,19)(H,17,18)/p-1/t9-,10-/m0/s1. The maximum atomic E-state index is 12.2. The van der Waals surface area contributed by atoms with E-state index in [0.29, 0.717) is 26.1 Å². The van der Waals surface area contributed by atoms with Crippen molar-refractivity contribution in [3.63, 3.8) is 0 Å². The summed E-state index contributed by atoms with van der Waals surface area (Å²) in [6.45, 7) is 5.03. The van der Waals surface area contributed by atoms with E-state index in [1.54, 1.807) is 9.80 Å². The number of nitrogens with one attached hydrogen (secondary N) is 1. The van der Waals surface area contributed by atoms with Crippen molar-refractivity contribution in [3.05, 3.63) is 0 Å². The van der Waals surface area contributed by atoms with Crippen LogP contribution in [0.4, 0.5) is 9.59 Å². The number of fused-ring (bicyclic) bond motifs is 1. The van der Waals surface area contributed by atoms with Crippen LogP contribution in [0.25, 0.3) is 0 Å². The molecule has 0 aromatic heterocycles. The van der Waals surface area contributed by atoms with E-state index in [1.807, 2.05) is 13.8 Å². The summed E-state index contributed by atoms with van der Waals surface area (Å²) in [5.74, 6) is -1.13. The number of aliphatic carboxylic acids is 1. The minimum atomic E-state index is -1.13. The Labute approximate surface area is 117 Å². The van der Waals surface area contributed by atoms with Crippen molar-refractivity contribution in [2.24, 2.45) is 0 Å². The zero-order chi connectivity index (χ0) is 14.9. The summed E-state index contributed by atoms with van der Waals surface area (Å²) in [7, 11) is 0. The van der Waals surface area contributed by atoms with E-state index in [-0.39, 0.29) is 30.8 Å². The molecular formula is C12H19N4O4-. The Bertz CT molecular complexity index is 428. The number of nitrogens with zero attached hydrogens (tertiary/aromatic N) is 3. The molecule has 2 atom stereocenters. The minimum absolute atomic E-state index is 0.0985. The van der Waals surface area contributed by atoms with Crippen molar-refractivity contribution in [2.45, 2.75) is 39.0 Å². The number of rotatable bonds is 6. The molecule has 1 N–H and O–H groups in total. The van der Waals surface area contributed by atoms with Crippen molar-refractivity contribution >= 4 is 18.0 Å². The van der Waals surface area contributed by atoms with Crippen LogP contribution in [0.2, 0.25) is 0 Å². The van der Waals surface area contributed by atoms with Gasteiger partial charge in [-0.15, -0.1) is 0 Å². The normalized spacial score (nSPS) is 25.2. The van der Waals surface area contributed by atoms with Crippen LogP contribution in [0.1, 0.15) is 26.7 Å². The van der Waals surface area contributed by atoms with Gasteiger partial charge in [0.05, 0.1) is 0 Å². The van der Waals surface area contributed by atoms with Crippen LogP contribution < -0.4 is 10.4 Å². The maximum absolute atomic E-state index is 12.2. The first-order valence-electron chi connectivity index (χ1n) is 6.85. The Kier molecular flexibility index (Phi) is 4.01. The third-order valence-electron chi connectivity index (χ3n) is 3.74. The quantitative estimate of drug-likeness (QED) is 0.674. The van der Waals surface area contributed by atoms with Crippen LogP contribution in [0.5, 0.6) is 0 Å². The minimum Gasteiger partial charge on any atom is -0.550 e. The lowest BCUT2D eigenvalue weighted by molar-refractivity contribution is -0.305. The highest BCUT2D eigenvalue weighted by Crippen LogP contribution is 2.28. The summed E-state index contributed by atoms with van der Waals surface area (Å²) in [6.07, 6.45) is -0.500. The topological polar surface area (TPSA) is 96.0 Å². The second-order valence-corrected chi connectivity index (χ2v) is 4.83. The number of hydrogen-bond acceptors (Lipinski definition) is 4. The van der Waals surface area contributed by atoms with Gasteiger partial charge in [-0.1, -0.05) is 0 Å². The average molecular weight is 283 g/mol. The number of urea groups is 2. The van der Waals surface area contributed by atoms with E-state index in [1.165, 1.54) is 4.90 Å². The predicted molar refractivity (Wildman–Crippen MR) is 67.2 cm³/mol. The lowest BCUT2D eigenvalue weighted by Gasteiger charge is -2.28. The SMILES string of the molecule is CCN1C(=O)N(CC)[C@@H]2NC(=O)N(CCCC(=O)[O-])[C@@H]21. The fourth-order valence-electron chi connectivity index (χ4n) is 2.83. The summed E-state index contributed by atoms with van der Waals surface area (Å²) in [5.41, 5.74) is 0. The third kappa shape index (κ3) is 2.25. The largest absolute Gasteiger partial charge is 0.550 e. The van der Waals surface area contributed by atoms with E-state index < -0.39 is 5.97 Å². The lowest BCUT2D eigenvalue weighted by atomic mass is 10.2. The van der Waals surface area contributed by atoms with Crippen LogP contribution in [0, 0.1) is 0 Å². The summed E-state index contributed by atoms with van der Waals surface area (Å²) >= 11 is 0. The fraction of sp³-hybridized carbons (Fsp3) is 0.750. The van der Waals surface area contributed by atoms with Gasteiger partial charge >= 0.3 is 12.1 Å². The van der Waals surface area contributed by atoms with Crippen LogP contribution in [-0.2, 0) is 4.79 Å². The first-order valence-corrected chi connectivity index (χ1v) is 6.85. The van der Waals surface area contributed by atoms with Gasteiger partial charge in [-0.2, -0.15) is 0 Å². The molecular weight excluding hydrogens is 264 g/mol. The Hall–Kier alpha value is -1.99. The van der Waals surface area contributed by atoms with E-state index in [4.69, 9.17) is 0 Å². The van der Waals surface area contributed by atoms with E-state index >= 15 is 0 Å². The summed E-state index contributed by atoms with van der Waals surface area (Å²) in [6, 6.07) is -0.363. The Morgan fingerprint density at radius 3 is 2.40 bits per heavy atom. The molecule has 0 radical (unpaired) electrons. The molecule has 20 heavy (non-hydrogen) atoms. The van der Waals surface area contributed by atoms with Crippen molar-refractivity contribution in [2.75, 3.05) is 19.6 Å². The Morgan fingerprint density at radius 1 is 1.20 bits per heavy atom. The third-order valence-corrected chi connectivity index (χ3v) is 3.74. The first kappa shape index (κ1) is 14.4. The summed E-state index contributed by atoms with van der Waals surface area (Å²) in [4.78, 5) is 39.4. The number of likely N-dealkylation sites (N-methyl/N-ethyl adjacent to an activating group) is 2. The van der Waals surface area contributed by atoms with Gasteiger partial charge < -0.3 is 29.9 Å². The number of carbonyl (C=O) groups excluding carboxylic acids is 3. The number of carbonyl (C=O) groups is 3. The zero-order valence-electron chi connectivity index (χ0n) is 11.7. The monoisotopic (exact) mass is 283 g/mol. The molecule has 2 aliphatic heterocycles. The molecule has 0 aromatic rings. The lowest BCUT2D eigenvalue weighted by Crippen LogP contribution is -2.46. The maximum Gasteiger partial charge on any atom is 0.323 e. The summed E-state index contributed by atoms with van der Waals surface area (Å²) < 4.78 is 0. The molecule has 0 saturated carbocycles. The van der Waals surface area contributed by atoms with Gasteiger partial charge in [0, 0.05) is 25.6 Å². The zero-order valence-corrected chi connectivity index (χ0v) is 11.7. The van der Waals surface area contributed by atoms with Crippen LogP contribution in [-0.4, -0.2) is 64.7 Å². The van der Waals surface area contributed by atoms with E-state index in [0.717, 1.165) is 0 Å². The van der Waals surface area contributed by atoms with Crippen molar-refractivity contribution in [3.8, 4) is 0 Å². The molecule has 2 rings (SSSR count). The number of carboxylic acids is 1. The highest BCUT2D eigenvalue weighted by atomic mass is 16.4. The molecule has 0 unspecified atom stereocenters. The second-order valence-electron chi connectivity index (χ2n) is 4.83. The molecule has 2 heterocycles.